The van der Waals surface area contributed by atoms with Gasteiger partial charge in [-0.15, -0.1) is 0 Å². The molecule has 0 amide bonds. The molecule has 0 spiro atoms. The second kappa shape index (κ2) is 6.33. The Kier molecular flexibility index (Phi) is 4.41. The van der Waals surface area contributed by atoms with E-state index >= 15 is 0 Å². The Balaban J connectivity index is 2.11. The topological polar surface area (TPSA) is 28.4 Å². The van der Waals surface area contributed by atoms with Crippen molar-refractivity contribution in [1.82, 2.24) is 10.2 Å². The molecule has 0 radical (unpaired) electrons. The summed E-state index contributed by atoms with van der Waals surface area (Å²) in [4.78, 5) is 1.87. The van der Waals surface area contributed by atoms with E-state index in [4.69, 9.17) is 4.42 Å². The minimum Gasteiger partial charge on any atom is -0.467 e. The summed E-state index contributed by atoms with van der Waals surface area (Å²) in [5.74, 6) is -0.317. The molecular formula is C16H16F4N2O. The average molecular weight is 328 g/mol. The largest absolute Gasteiger partial charge is 0.467 e. The third kappa shape index (κ3) is 3.40. The van der Waals surface area contributed by atoms with E-state index in [-0.39, 0.29) is 5.56 Å². The van der Waals surface area contributed by atoms with Crippen LogP contribution in [0.2, 0.25) is 0 Å². The summed E-state index contributed by atoms with van der Waals surface area (Å²) < 4.78 is 59.1. The van der Waals surface area contributed by atoms with Gasteiger partial charge in [0.05, 0.1) is 17.9 Å². The smallest absolute Gasteiger partial charge is 0.416 e. The number of benzene rings is 1. The lowest BCUT2D eigenvalue weighted by atomic mass is 9.96. The number of piperazine rings is 1. The lowest BCUT2D eigenvalue weighted by Crippen LogP contribution is -2.45. The average Bonchev–Trinajstić information content (AvgIpc) is 3.01. The molecule has 1 aromatic heterocycles. The zero-order valence-corrected chi connectivity index (χ0v) is 12.2. The Morgan fingerprint density at radius 1 is 1.13 bits per heavy atom. The van der Waals surface area contributed by atoms with Gasteiger partial charge in [-0.1, -0.05) is 0 Å². The van der Waals surface area contributed by atoms with Gasteiger partial charge in [0.15, 0.2) is 0 Å². The molecule has 2 aromatic rings. The van der Waals surface area contributed by atoms with Gasteiger partial charge in [-0.3, -0.25) is 4.90 Å². The zero-order valence-electron chi connectivity index (χ0n) is 12.2. The van der Waals surface area contributed by atoms with Crippen LogP contribution in [0.15, 0.2) is 41.0 Å². The van der Waals surface area contributed by atoms with E-state index < -0.39 is 23.6 Å². The molecule has 3 rings (SSSR count). The maximum absolute atomic E-state index is 13.7. The zero-order chi connectivity index (χ0) is 16.4. The molecule has 0 unspecified atom stereocenters. The summed E-state index contributed by atoms with van der Waals surface area (Å²) in [6, 6.07) is 5.07. The van der Waals surface area contributed by atoms with E-state index in [9.17, 15) is 17.6 Å². The van der Waals surface area contributed by atoms with Crippen LogP contribution in [0.3, 0.4) is 0 Å². The van der Waals surface area contributed by atoms with Gasteiger partial charge in [-0.05, 0) is 35.9 Å². The van der Waals surface area contributed by atoms with Crippen LogP contribution in [0.25, 0.3) is 0 Å². The van der Waals surface area contributed by atoms with Crippen LogP contribution in [0.5, 0.6) is 0 Å². The second-order valence-electron chi connectivity index (χ2n) is 5.43. The third-order valence-electron chi connectivity index (χ3n) is 3.94. The van der Waals surface area contributed by atoms with Crippen molar-refractivity contribution in [3.05, 3.63) is 59.3 Å². The number of hydrogen-bond donors (Lipinski definition) is 1. The number of nitrogens with zero attached hydrogens (tertiary/aromatic N) is 1. The van der Waals surface area contributed by atoms with Crippen molar-refractivity contribution in [2.24, 2.45) is 0 Å². The third-order valence-corrected chi connectivity index (χ3v) is 3.94. The quantitative estimate of drug-likeness (QED) is 0.875. The minimum atomic E-state index is -4.55. The SMILES string of the molecule is Fc1ccc(C(F)(F)F)c([C@H](c2ccco2)N2CCNCC2)c1. The molecule has 23 heavy (non-hydrogen) atoms. The van der Waals surface area contributed by atoms with Crippen LogP contribution < -0.4 is 5.32 Å². The van der Waals surface area contributed by atoms with Crippen molar-refractivity contribution in [3.63, 3.8) is 0 Å². The van der Waals surface area contributed by atoms with Gasteiger partial charge in [0.2, 0.25) is 0 Å². The van der Waals surface area contributed by atoms with Crippen LogP contribution in [-0.4, -0.2) is 31.1 Å². The van der Waals surface area contributed by atoms with Crippen molar-refractivity contribution in [3.8, 4) is 0 Å². The molecule has 3 nitrogen and oxygen atoms in total. The summed E-state index contributed by atoms with van der Waals surface area (Å²) in [7, 11) is 0. The minimum absolute atomic E-state index is 0.116. The predicted molar refractivity (Wildman–Crippen MR) is 76.4 cm³/mol. The highest BCUT2D eigenvalue weighted by Gasteiger charge is 2.38. The molecule has 0 aliphatic carbocycles. The highest BCUT2D eigenvalue weighted by Crippen LogP contribution is 2.39. The molecular weight excluding hydrogens is 312 g/mol. The molecule has 0 saturated carbocycles. The van der Waals surface area contributed by atoms with Crippen LogP contribution in [0.1, 0.15) is 22.9 Å². The molecule has 1 fully saturated rings. The summed E-state index contributed by atoms with van der Waals surface area (Å²) in [5, 5.41) is 3.15. The molecule has 0 bridgehead atoms. The first kappa shape index (κ1) is 16.0. The lowest BCUT2D eigenvalue weighted by molar-refractivity contribution is -0.138. The molecule has 1 N–H and O–H groups in total. The number of furan rings is 1. The van der Waals surface area contributed by atoms with Crippen LogP contribution >= 0.6 is 0 Å². The fourth-order valence-electron chi connectivity index (χ4n) is 2.94. The van der Waals surface area contributed by atoms with Crippen molar-refractivity contribution < 1.29 is 22.0 Å². The lowest BCUT2D eigenvalue weighted by Gasteiger charge is -2.35. The number of nitrogens with one attached hydrogen (secondary N) is 1. The Morgan fingerprint density at radius 2 is 1.87 bits per heavy atom. The molecule has 1 aliphatic heterocycles. The number of halogens is 4. The van der Waals surface area contributed by atoms with E-state index in [2.05, 4.69) is 5.32 Å². The Labute approximate surface area is 130 Å². The predicted octanol–water partition coefficient (Wildman–Crippen LogP) is 3.43. The molecule has 1 atom stereocenters. The molecule has 1 aliphatic rings. The van der Waals surface area contributed by atoms with Gasteiger partial charge in [-0.2, -0.15) is 13.2 Å². The fraction of sp³-hybridized carbons (Fsp3) is 0.375. The van der Waals surface area contributed by atoms with Gasteiger partial charge >= 0.3 is 6.18 Å². The van der Waals surface area contributed by atoms with Crippen LogP contribution in [0, 0.1) is 5.82 Å². The summed E-state index contributed by atoms with van der Waals surface area (Å²) in [5.41, 5.74) is -0.951. The summed E-state index contributed by atoms with van der Waals surface area (Å²) in [6.45, 7) is 2.43. The van der Waals surface area contributed by atoms with Crippen LogP contribution in [0.4, 0.5) is 17.6 Å². The van der Waals surface area contributed by atoms with Gasteiger partial charge in [0, 0.05) is 26.2 Å². The van der Waals surface area contributed by atoms with Crippen LogP contribution in [-0.2, 0) is 6.18 Å². The van der Waals surface area contributed by atoms with Crippen molar-refractivity contribution in [2.45, 2.75) is 12.2 Å². The van der Waals surface area contributed by atoms with Gasteiger partial charge < -0.3 is 9.73 Å². The van der Waals surface area contributed by atoms with Crippen molar-refractivity contribution in [2.75, 3.05) is 26.2 Å². The molecule has 1 aromatic carbocycles. The molecule has 2 heterocycles. The Bertz CT molecular complexity index is 649. The Hall–Kier alpha value is -1.86. The van der Waals surface area contributed by atoms with Crippen molar-refractivity contribution >= 4 is 0 Å². The first-order valence-corrected chi connectivity index (χ1v) is 7.31. The van der Waals surface area contributed by atoms with E-state index in [1.807, 2.05) is 4.90 Å². The van der Waals surface area contributed by atoms with E-state index in [1.165, 1.54) is 6.26 Å². The normalized spacial score (nSPS) is 18.1. The Morgan fingerprint density at radius 3 is 2.48 bits per heavy atom. The molecule has 7 heteroatoms. The van der Waals surface area contributed by atoms with Crippen molar-refractivity contribution in [1.29, 1.82) is 0 Å². The van der Waals surface area contributed by atoms with E-state index in [1.54, 1.807) is 12.1 Å². The maximum atomic E-state index is 13.7. The summed E-state index contributed by atoms with van der Waals surface area (Å²) >= 11 is 0. The van der Waals surface area contributed by atoms with Gasteiger partial charge in [-0.25, -0.2) is 4.39 Å². The highest BCUT2D eigenvalue weighted by atomic mass is 19.4. The molecule has 124 valence electrons. The number of hydrogen-bond acceptors (Lipinski definition) is 3. The van der Waals surface area contributed by atoms with Gasteiger partial charge in [0.1, 0.15) is 11.6 Å². The van der Waals surface area contributed by atoms with Gasteiger partial charge in [0.25, 0.3) is 0 Å². The highest BCUT2D eigenvalue weighted by molar-refractivity contribution is 5.37. The molecule has 1 saturated heterocycles. The monoisotopic (exact) mass is 328 g/mol. The second-order valence-corrected chi connectivity index (χ2v) is 5.43. The fourth-order valence-corrected chi connectivity index (χ4v) is 2.94. The first-order valence-electron chi connectivity index (χ1n) is 7.31. The standard InChI is InChI=1S/C16H16F4N2O/c17-11-3-4-13(16(18,19)20)12(10-11)15(14-2-1-9-23-14)22-7-5-21-6-8-22/h1-4,9-10,15,21H,5-8H2/t15-/m1/s1. The maximum Gasteiger partial charge on any atom is 0.416 e. The van der Waals surface area contributed by atoms with E-state index in [0.717, 1.165) is 18.2 Å². The van der Waals surface area contributed by atoms with E-state index in [0.29, 0.717) is 31.9 Å². The summed E-state index contributed by atoms with van der Waals surface area (Å²) in [6.07, 6.45) is -3.14. The number of alkyl halides is 3. The first-order chi connectivity index (χ1) is 11.0. The number of rotatable bonds is 3.